The zero-order valence-corrected chi connectivity index (χ0v) is 16.2. The van der Waals surface area contributed by atoms with Crippen molar-refractivity contribution in [2.45, 2.75) is 44.6 Å². The molecule has 0 radical (unpaired) electrons. The number of hydrogen-bond donors (Lipinski definition) is 2. The van der Waals surface area contributed by atoms with Crippen LogP contribution >= 0.6 is 0 Å². The van der Waals surface area contributed by atoms with Crippen LogP contribution in [0.1, 0.15) is 47.8 Å². The number of rotatable bonds is 8. The summed E-state index contributed by atoms with van der Waals surface area (Å²) in [7, 11) is 0. The first-order valence-electron chi connectivity index (χ1n) is 9.92. The lowest BCUT2D eigenvalue weighted by molar-refractivity contribution is -0.137. The lowest BCUT2D eigenvalue weighted by Gasteiger charge is -2.17. The Morgan fingerprint density at radius 1 is 1.17 bits per heavy atom. The monoisotopic (exact) mass is 392 g/mol. The van der Waals surface area contributed by atoms with Crippen molar-refractivity contribution in [1.29, 1.82) is 0 Å². The molecule has 0 amide bonds. The molecule has 4 rings (SSSR count). The van der Waals surface area contributed by atoms with Crippen molar-refractivity contribution in [3.8, 4) is 0 Å². The number of nitrogens with one attached hydrogen (secondary N) is 1. The lowest BCUT2D eigenvalue weighted by atomic mass is 10.1. The molecule has 1 aliphatic rings. The quantitative estimate of drug-likeness (QED) is 0.607. The van der Waals surface area contributed by atoms with E-state index in [-0.39, 0.29) is 6.42 Å². The van der Waals surface area contributed by atoms with Crippen molar-refractivity contribution >= 4 is 11.8 Å². The van der Waals surface area contributed by atoms with Crippen LogP contribution < -0.4 is 5.32 Å². The van der Waals surface area contributed by atoms with Crippen molar-refractivity contribution in [2.75, 3.05) is 11.9 Å². The van der Waals surface area contributed by atoms with Gasteiger partial charge in [0.25, 0.3) is 0 Å². The number of hydrogen-bond acceptors (Lipinski definition) is 6. The summed E-state index contributed by atoms with van der Waals surface area (Å²) in [6.45, 7) is 0.991. The highest BCUT2D eigenvalue weighted by Crippen LogP contribution is 2.22. The second kappa shape index (κ2) is 8.81. The minimum atomic E-state index is -0.886. The molecular formula is C21H24N6O2. The Labute approximate surface area is 169 Å². The maximum Gasteiger partial charge on any atom is 0.305 e. The maximum atomic E-state index is 11.3. The standard InChI is InChI=1S/C21H24N6O2/c28-20(29)11-19(16-12-22-14-23-13-16)27-10-8-18(26-27)5-1-4-17-7-6-15-3-2-9-24-21(15)25-17/h6-8,10,12-14,19H,1-5,9,11H2,(H,24,25)(H,28,29). The average Bonchev–Trinajstić information content (AvgIpc) is 3.21. The molecule has 1 atom stereocenters. The zero-order chi connectivity index (χ0) is 20.1. The van der Waals surface area contributed by atoms with Crippen molar-refractivity contribution in [3.05, 3.63) is 65.6 Å². The third-order valence-corrected chi connectivity index (χ3v) is 5.13. The highest BCUT2D eigenvalue weighted by Gasteiger charge is 2.19. The van der Waals surface area contributed by atoms with Crippen molar-refractivity contribution in [3.63, 3.8) is 0 Å². The van der Waals surface area contributed by atoms with Crippen molar-refractivity contribution in [1.82, 2.24) is 24.7 Å². The Hall–Kier alpha value is -3.29. The van der Waals surface area contributed by atoms with E-state index in [1.807, 2.05) is 12.3 Å². The molecule has 0 aliphatic carbocycles. The molecular weight excluding hydrogens is 368 g/mol. The van der Waals surface area contributed by atoms with Crippen LogP contribution in [0, 0.1) is 0 Å². The van der Waals surface area contributed by atoms with Gasteiger partial charge in [-0.2, -0.15) is 5.10 Å². The summed E-state index contributed by atoms with van der Waals surface area (Å²) in [5.41, 5.74) is 4.06. The van der Waals surface area contributed by atoms with Crippen molar-refractivity contribution < 1.29 is 9.90 Å². The highest BCUT2D eigenvalue weighted by molar-refractivity contribution is 5.68. The number of carboxylic acids is 1. The lowest BCUT2D eigenvalue weighted by Crippen LogP contribution is -2.16. The normalized spacial score (nSPS) is 14.1. The number of aromatic nitrogens is 5. The smallest absolute Gasteiger partial charge is 0.305 e. The molecule has 29 heavy (non-hydrogen) atoms. The number of carboxylic acid groups (broad SMARTS) is 1. The molecule has 2 N–H and O–H groups in total. The van der Waals surface area contributed by atoms with E-state index in [0.717, 1.165) is 61.4 Å². The summed E-state index contributed by atoms with van der Waals surface area (Å²) in [5.74, 6) is 0.141. The number of carbonyl (C=O) groups is 1. The third-order valence-electron chi connectivity index (χ3n) is 5.13. The van der Waals surface area contributed by atoms with Crippen LogP contribution in [-0.2, 0) is 24.1 Å². The molecule has 1 aliphatic heterocycles. The summed E-state index contributed by atoms with van der Waals surface area (Å²) in [6, 6.07) is 5.82. The third kappa shape index (κ3) is 4.77. The van der Waals surface area contributed by atoms with Gasteiger partial charge < -0.3 is 10.4 Å². The van der Waals surface area contributed by atoms with Gasteiger partial charge in [0.1, 0.15) is 12.1 Å². The maximum absolute atomic E-state index is 11.3. The van der Waals surface area contributed by atoms with Crippen LogP contribution in [0.2, 0.25) is 0 Å². The Morgan fingerprint density at radius 3 is 2.83 bits per heavy atom. The first-order valence-corrected chi connectivity index (χ1v) is 9.92. The predicted molar refractivity (Wildman–Crippen MR) is 108 cm³/mol. The van der Waals surface area contributed by atoms with E-state index in [1.165, 1.54) is 11.9 Å². The molecule has 8 heteroatoms. The number of pyridine rings is 1. The molecule has 0 bridgehead atoms. The summed E-state index contributed by atoms with van der Waals surface area (Å²) in [4.78, 5) is 24.0. The first kappa shape index (κ1) is 19.0. The Kier molecular flexibility index (Phi) is 5.79. The molecule has 0 spiro atoms. The van der Waals surface area contributed by atoms with Gasteiger partial charge in [-0.25, -0.2) is 15.0 Å². The molecule has 0 fully saturated rings. The van der Waals surface area contributed by atoms with Crippen LogP contribution in [0.15, 0.2) is 43.1 Å². The molecule has 0 saturated carbocycles. The fourth-order valence-electron chi connectivity index (χ4n) is 3.66. The van der Waals surface area contributed by atoms with E-state index < -0.39 is 12.0 Å². The molecule has 150 valence electrons. The minimum Gasteiger partial charge on any atom is -0.481 e. The molecule has 3 aromatic rings. The Morgan fingerprint density at radius 2 is 2.00 bits per heavy atom. The van der Waals surface area contributed by atoms with E-state index in [0.29, 0.717) is 0 Å². The van der Waals surface area contributed by atoms with Gasteiger partial charge in [-0.3, -0.25) is 9.48 Å². The molecule has 0 aromatic carbocycles. The molecule has 1 unspecified atom stereocenters. The molecule has 8 nitrogen and oxygen atoms in total. The molecule has 0 saturated heterocycles. The molecule has 3 aromatic heterocycles. The summed E-state index contributed by atoms with van der Waals surface area (Å²) >= 11 is 0. The van der Waals surface area contributed by atoms with E-state index in [2.05, 4.69) is 32.5 Å². The van der Waals surface area contributed by atoms with Gasteiger partial charge in [0.05, 0.1) is 18.2 Å². The first-order chi connectivity index (χ1) is 14.2. The second-order valence-corrected chi connectivity index (χ2v) is 7.27. The average molecular weight is 392 g/mol. The minimum absolute atomic E-state index is 0.0689. The largest absolute Gasteiger partial charge is 0.481 e. The second-order valence-electron chi connectivity index (χ2n) is 7.27. The van der Waals surface area contributed by atoms with Crippen molar-refractivity contribution in [2.24, 2.45) is 0 Å². The van der Waals surface area contributed by atoms with E-state index in [1.54, 1.807) is 17.1 Å². The van der Waals surface area contributed by atoms with Gasteiger partial charge in [0.2, 0.25) is 0 Å². The fourth-order valence-corrected chi connectivity index (χ4v) is 3.66. The van der Waals surface area contributed by atoms with Crippen LogP contribution in [-0.4, -0.2) is 42.4 Å². The van der Waals surface area contributed by atoms with Gasteiger partial charge in [-0.1, -0.05) is 6.07 Å². The number of aliphatic carboxylic acids is 1. The highest BCUT2D eigenvalue weighted by atomic mass is 16.4. The van der Waals surface area contributed by atoms with Crippen LogP contribution in [0.25, 0.3) is 0 Å². The van der Waals surface area contributed by atoms with Gasteiger partial charge in [-0.15, -0.1) is 0 Å². The SMILES string of the molecule is O=C(O)CC(c1cncnc1)n1ccc(CCCc2ccc3c(n2)NCCC3)n1. The van der Waals surface area contributed by atoms with Crippen LogP contribution in [0.4, 0.5) is 5.82 Å². The predicted octanol–water partition coefficient (Wildman–Crippen LogP) is 2.67. The summed E-state index contributed by atoms with van der Waals surface area (Å²) in [6.07, 6.45) is 11.3. The Balaban J connectivity index is 1.39. The van der Waals surface area contributed by atoms with Crippen LogP contribution in [0.5, 0.6) is 0 Å². The zero-order valence-electron chi connectivity index (χ0n) is 16.2. The van der Waals surface area contributed by atoms with Gasteiger partial charge in [-0.05, 0) is 49.8 Å². The van der Waals surface area contributed by atoms with E-state index >= 15 is 0 Å². The van der Waals surface area contributed by atoms with Gasteiger partial charge in [0.15, 0.2) is 0 Å². The van der Waals surface area contributed by atoms with E-state index in [4.69, 9.17) is 4.98 Å². The topological polar surface area (TPSA) is 106 Å². The van der Waals surface area contributed by atoms with E-state index in [9.17, 15) is 9.90 Å². The number of fused-ring (bicyclic) bond motifs is 1. The summed E-state index contributed by atoms with van der Waals surface area (Å²) in [5, 5.41) is 17.3. The fraction of sp³-hybridized carbons (Fsp3) is 0.381. The summed E-state index contributed by atoms with van der Waals surface area (Å²) < 4.78 is 1.70. The number of nitrogens with zero attached hydrogens (tertiary/aromatic N) is 5. The number of anilines is 1. The molecule has 4 heterocycles. The number of aryl methyl sites for hydroxylation is 3. The Bertz CT molecular complexity index is 972. The van der Waals surface area contributed by atoms with Gasteiger partial charge in [0, 0.05) is 36.4 Å². The van der Waals surface area contributed by atoms with Crippen LogP contribution in [0.3, 0.4) is 0 Å². The van der Waals surface area contributed by atoms with Gasteiger partial charge >= 0.3 is 5.97 Å².